The molecule has 1 N–H and O–H groups in total. The van der Waals surface area contributed by atoms with E-state index in [1.54, 1.807) is 30.5 Å². The maximum Gasteiger partial charge on any atom is 0.243 e. The minimum atomic E-state index is -1.32. The normalized spacial score (nSPS) is 20.6. The third-order valence-electron chi connectivity index (χ3n) is 6.52. The first-order chi connectivity index (χ1) is 17.1. The lowest BCUT2D eigenvalue weighted by Gasteiger charge is -2.31. The molecule has 0 unspecified atom stereocenters. The average molecular weight is 549 g/mol. The maximum absolute atomic E-state index is 14.9. The Morgan fingerprint density at radius 1 is 1.11 bits per heavy atom. The molecule has 0 saturated heterocycles. The third kappa shape index (κ3) is 6.51. The molecule has 0 amide bonds. The highest BCUT2D eigenvalue weighted by atomic mass is 32.2. The number of phenols is 1. The number of alkyl halides is 1. The number of aromatic nitrogens is 5. The number of anilines is 1. The van der Waals surface area contributed by atoms with Crippen molar-refractivity contribution in [2.24, 2.45) is 5.92 Å². The van der Waals surface area contributed by atoms with Gasteiger partial charge >= 0.3 is 0 Å². The van der Waals surface area contributed by atoms with Gasteiger partial charge in [0.05, 0.1) is 24.0 Å². The van der Waals surface area contributed by atoms with Gasteiger partial charge in [0.15, 0.2) is 11.6 Å². The summed E-state index contributed by atoms with van der Waals surface area (Å²) in [5.41, 5.74) is 1.76. The standard InChI is InChI=1S/C24H29FN6O2S3/c1-3-14-5-4-6-18(25)19(9-14)31(2)21-13-26-23(30-28-21)17-8-7-15(10-20(17)32)16-11-22(29-27-12-16)33-24(34,35)36/h7-8,10-14,18-19,32,34-36H,3-6,9H2,1-2H3/t14-,18+,19-/m1/s1. The Kier molecular flexibility index (Phi) is 8.46. The number of halogens is 1. The Hall–Kier alpha value is -2.31. The molecule has 2 heterocycles. The van der Waals surface area contributed by atoms with E-state index in [2.05, 4.69) is 70.2 Å². The molecule has 8 nitrogen and oxygen atoms in total. The fourth-order valence-corrected chi connectivity index (χ4v) is 4.77. The van der Waals surface area contributed by atoms with Crippen molar-refractivity contribution < 1.29 is 14.2 Å². The van der Waals surface area contributed by atoms with E-state index in [-0.39, 0.29) is 23.5 Å². The van der Waals surface area contributed by atoms with Crippen LogP contribution in [0.1, 0.15) is 39.0 Å². The lowest BCUT2D eigenvalue weighted by Crippen LogP contribution is -2.40. The quantitative estimate of drug-likeness (QED) is 0.181. The number of hydrogen-bond donors (Lipinski definition) is 4. The lowest BCUT2D eigenvalue weighted by molar-refractivity contribution is 0.253. The van der Waals surface area contributed by atoms with Crippen LogP contribution in [0, 0.1) is 5.92 Å². The number of rotatable bonds is 7. The van der Waals surface area contributed by atoms with E-state index in [4.69, 9.17) is 4.74 Å². The van der Waals surface area contributed by atoms with Crippen LogP contribution in [0.25, 0.3) is 22.5 Å². The maximum atomic E-state index is 14.9. The van der Waals surface area contributed by atoms with Crippen molar-refractivity contribution in [3.63, 3.8) is 0 Å². The van der Waals surface area contributed by atoms with Crippen molar-refractivity contribution in [1.82, 2.24) is 25.4 Å². The first-order valence-corrected chi connectivity index (χ1v) is 13.1. The van der Waals surface area contributed by atoms with Crippen molar-refractivity contribution in [3.8, 4) is 34.1 Å². The second kappa shape index (κ2) is 11.4. The molecule has 2 aromatic heterocycles. The first-order valence-electron chi connectivity index (χ1n) is 11.7. The van der Waals surface area contributed by atoms with E-state index < -0.39 is 9.77 Å². The molecule has 1 aliphatic carbocycles. The Bertz CT molecular complexity index is 1180. The lowest BCUT2D eigenvalue weighted by atomic mass is 9.94. The fraction of sp³-hybridized carbons (Fsp3) is 0.458. The van der Waals surface area contributed by atoms with Crippen LogP contribution in [0.15, 0.2) is 36.7 Å². The van der Waals surface area contributed by atoms with Crippen LogP contribution in [0.5, 0.6) is 11.6 Å². The van der Waals surface area contributed by atoms with Crippen LogP contribution >= 0.6 is 37.9 Å². The number of ether oxygens (including phenoxy) is 1. The number of nitrogens with zero attached hydrogens (tertiary/aromatic N) is 6. The Balaban J connectivity index is 1.52. The summed E-state index contributed by atoms with van der Waals surface area (Å²) in [5.74, 6) is 1.42. The highest BCUT2D eigenvalue weighted by Crippen LogP contribution is 2.35. The molecular formula is C24H29FN6O2S3. The number of benzene rings is 1. The smallest absolute Gasteiger partial charge is 0.243 e. The molecule has 0 radical (unpaired) electrons. The van der Waals surface area contributed by atoms with Gasteiger partial charge in [-0.3, -0.25) is 0 Å². The highest BCUT2D eigenvalue weighted by Gasteiger charge is 2.31. The van der Waals surface area contributed by atoms with Crippen molar-refractivity contribution >= 4 is 43.7 Å². The summed E-state index contributed by atoms with van der Waals surface area (Å²) in [6.45, 7) is 2.16. The molecule has 3 atom stereocenters. The summed E-state index contributed by atoms with van der Waals surface area (Å²) >= 11 is 12.2. The van der Waals surface area contributed by atoms with Gasteiger partial charge in [-0.2, -0.15) is 5.10 Å². The van der Waals surface area contributed by atoms with Crippen LogP contribution in [0.2, 0.25) is 0 Å². The van der Waals surface area contributed by atoms with Gasteiger partial charge in [0.1, 0.15) is 11.9 Å². The predicted molar refractivity (Wildman–Crippen MR) is 148 cm³/mol. The Labute approximate surface area is 226 Å². The van der Waals surface area contributed by atoms with Crippen LogP contribution in [-0.4, -0.2) is 53.3 Å². The van der Waals surface area contributed by atoms with Gasteiger partial charge in [0, 0.05) is 18.7 Å². The monoisotopic (exact) mass is 548 g/mol. The molecular weight excluding hydrogens is 520 g/mol. The summed E-state index contributed by atoms with van der Waals surface area (Å²) in [7, 11) is 1.84. The molecule has 0 bridgehead atoms. The summed E-state index contributed by atoms with van der Waals surface area (Å²) < 4.78 is 18.9. The first kappa shape index (κ1) is 26.7. The van der Waals surface area contributed by atoms with Crippen molar-refractivity contribution in [1.29, 1.82) is 0 Å². The minimum absolute atomic E-state index is 0.0278. The van der Waals surface area contributed by atoms with E-state index >= 15 is 0 Å². The molecule has 0 spiro atoms. The second-order valence-corrected chi connectivity index (χ2v) is 11.9. The summed E-state index contributed by atoms with van der Waals surface area (Å²) in [5, 5.41) is 27.0. The number of phenolic OH excluding ortho intramolecular Hbond substituents is 1. The van der Waals surface area contributed by atoms with Gasteiger partial charge in [-0.05, 0) is 36.5 Å². The van der Waals surface area contributed by atoms with Gasteiger partial charge in [-0.1, -0.05) is 32.3 Å². The minimum Gasteiger partial charge on any atom is -0.507 e. The Morgan fingerprint density at radius 2 is 1.92 bits per heavy atom. The van der Waals surface area contributed by atoms with Crippen LogP contribution in [0.4, 0.5) is 10.2 Å². The number of aromatic hydroxyl groups is 1. The molecule has 1 saturated carbocycles. The van der Waals surface area contributed by atoms with Crippen molar-refractivity contribution in [3.05, 3.63) is 36.7 Å². The summed E-state index contributed by atoms with van der Waals surface area (Å²) in [6, 6.07) is 6.43. The third-order valence-corrected chi connectivity index (χ3v) is 6.79. The largest absolute Gasteiger partial charge is 0.507 e. The molecule has 1 fully saturated rings. The van der Waals surface area contributed by atoms with Crippen LogP contribution in [-0.2, 0) is 0 Å². The average Bonchev–Trinajstić information content (AvgIpc) is 3.04. The number of thiol groups is 3. The van der Waals surface area contributed by atoms with Crippen LogP contribution in [0.3, 0.4) is 0 Å². The predicted octanol–water partition coefficient (Wildman–Crippen LogP) is 5.22. The van der Waals surface area contributed by atoms with E-state index in [9.17, 15) is 9.50 Å². The summed E-state index contributed by atoms with van der Waals surface area (Å²) in [4.78, 5) is 6.25. The zero-order valence-corrected chi connectivity index (χ0v) is 22.7. The van der Waals surface area contributed by atoms with E-state index in [1.165, 1.54) is 6.20 Å². The highest BCUT2D eigenvalue weighted by molar-refractivity contribution is 8.16. The fourth-order valence-electron chi connectivity index (χ4n) is 4.49. The van der Waals surface area contributed by atoms with Crippen LogP contribution < -0.4 is 9.64 Å². The Morgan fingerprint density at radius 3 is 2.58 bits per heavy atom. The van der Waals surface area contributed by atoms with Gasteiger partial charge in [0.25, 0.3) is 0 Å². The van der Waals surface area contributed by atoms with E-state index in [0.717, 1.165) is 25.7 Å². The molecule has 12 heteroatoms. The van der Waals surface area contributed by atoms with E-state index in [0.29, 0.717) is 34.8 Å². The molecule has 3 aromatic rings. The molecule has 0 aliphatic heterocycles. The molecule has 192 valence electrons. The molecule has 1 aliphatic rings. The van der Waals surface area contributed by atoms with Gasteiger partial charge < -0.3 is 14.7 Å². The zero-order chi connectivity index (χ0) is 25.9. The SMILES string of the molecule is CC[C@@H]1CCC[C@H](F)[C@H](N(C)c2cnc(-c3ccc(-c4cnnc(OC(S)(S)S)c4)cc3O)nn2)C1. The molecule has 1 aromatic carbocycles. The van der Waals surface area contributed by atoms with Crippen molar-refractivity contribution in [2.75, 3.05) is 11.9 Å². The van der Waals surface area contributed by atoms with Gasteiger partial charge in [0.2, 0.25) is 9.48 Å². The van der Waals surface area contributed by atoms with Gasteiger partial charge in [-0.25, -0.2) is 9.37 Å². The molecule has 36 heavy (non-hydrogen) atoms. The summed E-state index contributed by atoms with van der Waals surface area (Å²) in [6.07, 6.45) is 6.55. The number of hydrogen-bond acceptors (Lipinski definition) is 11. The molecule has 4 rings (SSSR count). The van der Waals surface area contributed by atoms with Gasteiger partial charge in [-0.15, -0.1) is 53.2 Å². The second-order valence-electron chi connectivity index (χ2n) is 8.97. The van der Waals surface area contributed by atoms with Crippen molar-refractivity contribution in [2.45, 2.75) is 54.8 Å². The zero-order valence-electron chi connectivity index (χ0n) is 20.0. The van der Waals surface area contributed by atoms with E-state index in [1.807, 2.05) is 11.9 Å². The topological polar surface area (TPSA) is 97.2 Å².